The zero-order valence-corrected chi connectivity index (χ0v) is 11.3. The van der Waals surface area contributed by atoms with Crippen LogP contribution < -0.4 is 5.32 Å². The lowest BCUT2D eigenvalue weighted by molar-refractivity contribution is 0.0832. The van der Waals surface area contributed by atoms with E-state index < -0.39 is 6.09 Å². The predicted molar refractivity (Wildman–Crippen MR) is 71.8 cm³/mol. The van der Waals surface area contributed by atoms with Crippen molar-refractivity contribution in [2.24, 2.45) is 0 Å². The van der Waals surface area contributed by atoms with Crippen LogP contribution in [-0.4, -0.2) is 50.4 Å². The van der Waals surface area contributed by atoms with Crippen molar-refractivity contribution in [2.75, 3.05) is 27.2 Å². The number of benzene rings is 1. The summed E-state index contributed by atoms with van der Waals surface area (Å²) in [4.78, 5) is 13.9. The SMILES string of the molecule is CO[C@H]1CN(C)C[C@@H]1NC(=O)OCc1ccccc1. The number of amides is 1. The number of ether oxygens (including phenoxy) is 2. The van der Waals surface area contributed by atoms with Gasteiger partial charge in [0, 0.05) is 20.2 Å². The van der Waals surface area contributed by atoms with Crippen molar-refractivity contribution >= 4 is 6.09 Å². The topological polar surface area (TPSA) is 50.8 Å². The van der Waals surface area contributed by atoms with Crippen LogP contribution in [0.4, 0.5) is 4.79 Å². The molecule has 0 radical (unpaired) electrons. The fraction of sp³-hybridized carbons (Fsp3) is 0.500. The Morgan fingerprint density at radius 2 is 2.11 bits per heavy atom. The van der Waals surface area contributed by atoms with E-state index >= 15 is 0 Å². The molecule has 19 heavy (non-hydrogen) atoms. The van der Waals surface area contributed by atoms with Crippen molar-refractivity contribution in [3.63, 3.8) is 0 Å². The van der Waals surface area contributed by atoms with Crippen molar-refractivity contribution in [2.45, 2.75) is 18.8 Å². The van der Waals surface area contributed by atoms with E-state index in [4.69, 9.17) is 9.47 Å². The number of hydrogen-bond acceptors (Lipinski definition) is 4. The summed E-state index contributed by atoms with van der Waals surface area (Å²) in [6.45, 7) is 1.88. The molecule has 1 heterocycles. The van der Waals surface area contributed by atoms with Crippen LogP contribution in [0, 0.1) is 0 Å². The molecule has 1 aromatic carbocycles. The Morgan fingerprint density at radius 1 is 1.37 bits per heavy atom. The van der Waals surface area contributed by atoms with Gasteiger partial charge in [-0.05, 0) is 12.6 Å². The van der Waals surface area contributed by atoms with Crippen LogP contribution in [0.2, 0.25) is 0 Å². The Hall–Kier alpha value is -1.59. The van der Waals surface area contributed by atoms with Gasteiger partial charge in [0.1, 0.15) is 6.61 Å². The van der Waals surface area contributed by atoms with Gasteiger partial charge in [-0.3, -0.25) is 0 Å². The van der Waals surface area contributed by atoms with Crippen LogP contribution in [0.15, 0.2) is 30.3 Å². The second-order valence-corrected chi connectivity index (χ2v) is 4.81. The Balaban J connectivity index is 1.78. The molecule has 0 spiro atoms. The summed E-state index contributed by atoms with van der Waals surface area (Å²) >= 11 is 0. The average molecular weight is 264 g/mol. The molecule has 1 aliphatic heterocycles. The van der Waals surface area contributed by atoms with Crippen molar-refractivity contribution in [1.82, 2.24) is 10.2 Å². The van der Waals surface area contributed by atoms with E-state index in [1.807, 2.05) is 37.4 Å². The molecule has 5 nitrogen and oxygen atoms in total. The summed E-state index contributed by atoms with van der Waals surface area (Å²) in [6, 6.07) is 9.61. The number of hydrogen-bond donors (Lipinski definition) is 1. The lowest BCUT2D eigenvalue weighted by atomic mass is 10.2. The van der Waals surface area contributed by atoms with Gasteiger partial charge >= 0.3 is 6.09 Å². The predicted octanol–water partition coefficient (Wildman–Crippen LogP) is 1.24. The summed E-state index contributed by atoms with van der Waals surface area (Å²) in [5.41, 5.74) is 0.976. The number of methoxy groups -OCH3 is 1. The number of carbonyl (C=O) groups is 1. The highest BCUT2D eigenvalue weighted by molar-refractivity contribution is 5.67. The second-order valence-electron chi connectivity index (χ2n) is 4.81. The highest BCUT2D eigenvalue weighted by Gasteiger charge is 2.32. The van der Waals surface area contributed by atoms with Crippen LogP contribution >= 0.6 is 0 Å². The van der Waals surface area contributed by atoms with Gasteiger partial charge in [0.25, 0.3) is 0 Å². The standard InChI is InChI=1S/C14H20N2O3/c1-16-8-12(13(9-16)18-2)15-14(17)19-10-11-6-4-3-5-7-11/h3-7,12-13H,8-10H2,1-2H3,(H,15,17)/t12-,13-/m0/s1. The van der Waals surface area contributed by atoms with E-state index in [1.54, 1.807) is 7.11 Å². The average Bonchev–Trinajstić information content (AvgIpc) is 2.77. The molecule has 0 aliphatic carbocycles. The molecule has 0 saturated carbocycles. The van der Waals surface area contributed by atoms with Gasteiger partial charge in [0.15, 0.2) is 0 Å². The van der Waals surface area contributed by atoms with Crippen LogP contribution in [0.25, 0.3) is 0 Å². The fourth-order valence-corrected chi connectivity index (χ4v) is 2.26. The number of carbonyl (C=O) groups excluding carboxylic acids is 1. The normalized spacial score (nSPS) is 23.3. The molecule has 1 fully saturated rings. The highest BCUT2D eigenvalue weighted by atomic mass is 16.5. The van der Waals surface area contributed by atoms with E-state index in [0.29, 0.717) is 0 Å². The zero-order valence-electron chi connectivity index (χ0n) is 11.3. The Kier molecular flexibility index (Phi) is 4.76. The molecule has 5 heteroatoms. The first-order chi connectivity index (χ1) is 9.19. The van der Waals surface area contributed by atoms with E-state index in [0.717, 1.165) is 18.7 Å². The molecule has 0 bridgehead atoms. The number of rotatable bonds is 4. The molecule has 1 aliphatic rings. The monoisotopic (exact) mass is 264 g/mol. The zero-order chi connectivity index (χ0) is 13.7. The van der Waals surface area contributed by atoms with Crippen LogP contribution in [0.3, 0.4) is 0 Å². The van der Waals surface area contributed by atoms with Gasteiger partial charge < -0.3 is 19.7 Å². The molecule has 0 aromatic heterocycles. The minimum Gasteiger partial charge on any atom is -0.445 e. The van der Waals surface area contributed by atoms with Crippen molar-refractivity contribution < 1.29 is 14.3 Å². The number of likely N-dealkylation sites (N-methyl/N-ethyl adjacent to an activating group) is 1. The molecule has 1 aromatic rings. The first-order valence-electron chi connectivity index (χ1n) is 6.37. The molecule has 0 unspecified atom stereocenters. The van der Waals surface area contributed by atoms with E-state index in [1.165, 1.54) is 0 Å². The summed E-state index contributed by atoms with van der Waals surface area (Å²) in [5.74, 6) is 0. The Bertz CT molecular complexity index is 410. The first-order valence-corrected chi connectivity index (χ1v) is 6.37. The van der Waals surface area contributed by atoms with Gasteiger partial charge in [-0.2, -0.15) is 0 Å². The van der Waals surface area contributed by atoms with Crippen LogP contribution in [-0.2, 0) is 16.1 Å². The summed E-state index contributed by atoms with van der Waals surface area (Å²) in [6.07, 6.45) is -0.375. The lowest BCUT2D eigenvalue weighted by Crippen LogP contribution is -2.43. The largest absolute Gasteiger partial charge is 0.445 e. The Labute approximate surface area is 113 Å². The number of nitrogens with one attached hydrogen (secondary N) is 1. The molecular weight excluding hydrogens is 244 g/mol. The third kappa shape index (κ3) is 3.94. The van der Waals surface area contributed by atoms with E-state index in [9.17, 15) is 4.79 Å². The van der Waals surface area contributed by atoms with Crippen molar-refractivity contribution in [3.05, 3.63) is 35.9 Å². The smallest absolute Gasteiger partial charge is 0.407 e. The summed E-state index contributed by atoms with van der Waals surface area (Å²) in [5, 5.41) is 2.85. The maximum absolute atomic E-state index is 11.7. The minimum absolute atomic E-state index is 0.0155. The number of nitrogens with zero attached hydrogens (tertiary/aromatic N) is 1. The molecule has 2 rings (SSSR count). The fourth-order valence-electron chi connectivity index (χ4n) is 2.26. The van der Waals surface area contributed by atoms with E-state index in [-0.39, 0.29) is 18.8 Å². The quantitative estimate of drug-likeness (QED) is 0.889. The van der Waals surface area contributed by atoms with Gasteiger partial charge in [-0.25, -0.2) is 4.79 Å². The van der Waals surface area contributed by atoms with Crippen LogP contribution in [0.5, 0.6) is 0 Å². The molecule has 104 valence electrons. The molecule has 1 saturated heterocycles. The van der Waals surface area contributed by atoms with Crippen molar-refractivity contribution in [1.29, 1.82) is 0 Å². The number of alkyl carbamates (subject to hydrolysis) is 1. The van der Waals surface area contributed by atoms with Gasteiger partial charge in [0.2, 0.25) is 0 Å². The van der Waals surface area contributed by atoms with E-state index in [2.05, 4.69) is 10.2 Å². The van der Waals surface area contributed by atoms with Crippen LogP contribution in [0.1, 0.15) is 5.56 Å². The van der Waals surface area contributed by atoms with Crippen molar-refractivity contribution in [3.8, 4) is 0 Å². The molecule has 1 N–H and O–H groups in total. The first kappa shape index (κ1) is 13.8. The highest BCUT2D eigenvalue weighted by Crippen LogP contribution is 2.11. The third-order valence-electron chi connectivity index (χ3n) is 3.27. The maximum Gasteiger partial charge on any atom is 0.407 e. The molecule has 1 amide bonds. The molecular formula is C14H20N2O3. The van der Waals surface area contributed by atoms with Gasteiger partial charge in [-0.15, -0.1) is 0 Å². The van der Waals surface area contributed by atoms with Gasteiger partial charge in [-0.1, -0.05) is 30.3 Å². The third-order valence-corrected chi connectivity index (χ3v) is 3.27. The lowest BCUT2D eigenvalue weighted by Gasteiger charge is -2.18. The maximum atomic E-state index is 11.7. The minimum atomic E-state index is -0.397. The van der Waals surface area contributed by atoms with Gasteiger partial charge in [0.05, 0.1) is 12.1 Å². The summed E-state index contributed by atoms with van der Waals surface area (Å²) in [7, 11) is 3.66. The summed E-state index contributed by atoms with van der Waals surface area (Å²) < 4.78 is 10.5. The number of likely N-dealkylation sites (tertiary alicyclic amines) is 1. The second kappa shape index (κ2) is 6.54. The Morgan fingerprint density at radius 3 is 2.79 bits per heavy atom. The molecule has 2 atom stereocenters.